The Labute approximate surface area is 146 Å². The highest BCUT2D eigenvalue weighted by molar-refractivity contribution is 8.00. The number of thioether (sulfide) groups is 1. The molecule has 1 aliphatic carbocycles. The first kappa shape index (κ1) is 15.7. The molecule has 1 saturated carbocycles. The van der Waals surface area contributed by atoms with E-state index in [0.717, 1.165) is 36.2 Å². The van der Waals surface area contributed by atoms with Gasteiger partial charge in [-0.1, -0.05) is 30.0 Å². The first-order valence-electron chi connectivity index (χ1n) is 8.68. The first-order valence-corrected chi connectivity index (χ1v) is 9.56. The van der Waals surface area contributed by atoms with Crippen molar-refractivity contribution in [3.05, 3.63) is 35.7 Å². The lowest BCUT2D eigenvalue weighted by atomic mass is 10.2. The third kappa shape index (κ3) is 2.73. The number of nitrogens with zero attached hydrogens (tertiary/aromatic N) is 4. The van der Waals surface area contributed by atoms with Gasteiger partial charge >= 0.3 is 0 Å². The molecular formula is C18H22N4OS. The average Bonchev–Trinajstić information content (AvgIpc) is 3.23. The van der Waals surface area contributed by atoms with Crippen molar-refractivity contribution in [2.75, 3.05) is 11.4 Å². The van der Waals surface area contributed by atoms with Crippen LogP contribution in [0.5, 0.6) is 0 Å². The predicted octanol–water partition coefficient (Wildman–Crippen LogP) is 3.25. The molecule has 1 amide bonds. The molecule has 6 heteroatoms. The molecule has 5 nitrogen and oxygen atoms in total. The van der Waals surface area contributed by atoms with E-state index >= 15 is 0 Å². The average molecular weight is 342 g/mol. The number of anilines is 1. The summed E-state index contributed by atoms with van der Waals surface area (Å²) in [5, 5.41) is 9.41. The summed E-state index contributed by atoms with van der Waals surface area (Å²) in [5.41, 5.74) is 2.32. The molecule has 2 aromatic rings. The van der Waals surface area contributed by atoms with E-state index in [1.165, 1.54) is 30.2 Å². The van der Waals surface area contributed by atoms with Crippen molar-refractivity contribution in [1.82, 2.24) is 14.8 Å². The Morgan fingerprint density at radius 1 is 1.33 bits per heavy atom. The summed E-state index contributed by atoms with van der Waals surface area (Å²) in [6.45, 7) is 5.72. The van der Waals surface area contributed by atoms with Crippen LogP contribution in [0.3, 0.4) is 0 Å². The number of fused-ring (bicyclic) bond motifs is 1. The van der Waals surface area contributed by atoms with Crippen LogP contribution in [0, 0.1) is 0 Å². The minimum absolute atomic E-state index is 0.156. The van der Waals surface area contributed by atoms with Crippen LogP contribution in [-0.2, 0) is 17.8 Å². The Morgan fingerprint density at radius 3 is 2.88 bits per heavy atom. The van der Waals surface area contributed by atoms with Crippen LogP contribution in [0.4, 0.5) is 5.69 Å². The summed E-state index contributed by atoms with van der Waals surface area (Å²) in [7, 11) is 0. The molecule has 0 radical (unpaired) electrons. The van der Waals surface area contributed by atoms with E-state index in [0.29, 0.717) is 5.92 Å². The van der Waals surface area contributed by atoms with Gasteiger partial charge in [-0.25, -0.2) is 0 Å². The van der Waals surface area contributed by atoms with E-state index in [1.54, 1.807) is 0 Å². The minimum Gasteiger partial charge on any atom is -0.311 e. The molecule has 0 saturated heterocycles. The van der Waals surface area contributed by atoms with Gasteiger partial charge in [0.15, 0.2) is 5.16 Å². The van der Waals surface area contributed by atoms with Gasteiger partial charge in [0.1, 0.15) is 5.82 Å². The van der Waals surface area contributed by atoms with E-state index in [9.17, 15) is 4.79 Å². The fraction of sp³-hybridized carbons (Fsp3) is 0.500. The number of hydrogen-bond acceptors (Lipinski definition) is 4. The van der Waals surface area contributed by atoms with Gasteiger partial charge in [0.25, 0.3) is 0 Å². The van der Waals surface area contributed by atoms with Gasteiger partial charge in [-0.2, -0.15) is 0 Å². The molecule has 2 heterocycles. The van der Waals surface area contributed by atoms with Gasteiger partial charge in [0, 0.05) is 24.7 Å². The lowest BCUT2D eigenvalue weighted by molar-refractivity contribution is -0.117. The minimum atomic E-state index is -0.169. The molecule has 1 aliphatic heterocycles. The van der Waals surface area contributed by atoms with Crippen LogP contribution in [0.15, 0.2) is 29.4 Å². The standard InChI is InChI=1S/C18H22N4OS/c1-3-21-16(14-8-9-14)19-20-18(21)24-12(2)17(23)22-11-10-13-6-4-5-7-15(13)22/h4-7,12,14H,3,8-11H2,1-2H3/t12-/m1/s1. The van der Waals surface area contributed by atoms with Crippen molar-refractivity contribution in [3.63, 3.8) is 0 Å². The molecule has 0 bridgehead atoms. The smallest absolute Gasteiger partial charge is 0.240 e. The van der Waals surface area contributed by atoms with Crippen molar-refractivity contribution in [3.8, 4) is 0 Å². The van der Waals surface area contributed by atoms with Crippen LogP contribution in [0.2, 0.25) is 0 Å². The number of carbonyl (C=O) groups excluding carboxylic acids is 1. The zero-order valence-electron chi connectivity index (χ0n) is 14.1. The highest BCUT2D eigenvalue weighted by Gasteiger charge is 2.32. The van der Waals surface area contributed by atoms with Crippen molar-refractivity contribution in [2.45, 2.75) is 56.0 Å². The molecule has 1 aromatic carbocycles. The topological polar surface area (TPSA) is 51.0 Å². The Morgan fingerprint density at radius 2 is 2.12 bits per heavy atom. The second kappa shape index (κ2) is 6.24. The van der Waals surface area contributed by atoms with Crippen LogP contribution in [0.25, 0.3) is 0 Å². The molecular weight excluding hydrogens is 320 g/mol. The summed E-state index contributed by atoms with van der Waals surface area (Å²) < 4.78 is 2.17. The number of benzene rings is 1. The molecule has 1 atom stereocenters. The van der Waals surface area contributed by atoms with Crippen LogP contribution < -0.4 is 4.90 Å². The van der Waals surface area contributed by atoms with Crippen molar-refractivity contribution < 1.29 is 4.79 Å². The maximum Gasteiger partial charge on any atom is 0.240 e. The summed E-state index contributed by atoms with van der Waals surface area (Å²) in [6.07, 6.45) is 3.36. The van der Waals surface area contributed by atoms with Crippen LogP contribution in [-0.4, -0.2) is 32.5 Å². The number of hydrogen-bond donors (Lipinski definition) is 0. The molecule has 126 valence electrons. The van der Waals surface area contributed by atoms with E-state index < -0.39 is 0 Å². The fourth-order valence-electron chi connectivity index (χ4n) is 3.32. The Balaban J connectivity index is 1.51. The van der Waals surface area contributed by atoms with Gasteiger partial charge < -0.3 is 9.47 Å². The molecule has 0 spiro atoms. The Hall–Kier alpha value is -1.82. The molecule has 1 fully saturated rings. The van der Waals surface area contributed by atoms with Gasteiger partial charge in [-0.05, 0) is 44.7 Å². The highest BCUT2D eigenvalue weighted by Crippen LogP contribution is 2.40. The van der Waals surface area contributed by atoms with Gasteiger partial charge in [0.05, 0.1) is 5.25 Å². The summed E-state index contributed by atoms with van der Waals surface area (Å²) >= 11 is 1.53. The number of amides is 1. The zero-order chi connectivity index (χ0) is 16.7. The second-order valence-electron chi connectivity index (χ2n) is 6.49. The predicted molar refractivity (Wildman–Crippen MR) is 95.5 cm³/mol. The fourth-order valence-corrected chi connectivity index (χ4v) is 4.31. The second-order valence-corrected chi connectivity index (χ2v) is 7.80. The number of carbonyl (C=O) groups is 1. The summed E-state index contributed by atoms with van der Waals surface area (Å²) in [4.78, 5) is 14.8. The third-order valence-corrected chi connectivity index (χ3v) is 5.86. The molecule has 2 aliphatic rings. The van der Waals surface area contributed by atoms with E-state index in [-0.39, 0.29) is 11.2 Å². The number of rotatable bonds is 5. The SMILES string of the molecule is CCn1c(S[C@H](C)C(=O)N2CCc3ccccc32)nnc1C1CC1. The van der Waals surface area contributed by atoms with Gasteiger partial charge in [-0.15, -0.1) is 10.2 Å². The highest BCUT2D eigenvalue weighted by atomic mass is 32.2. The largest absolute Gasteiger partial charge is 0.311 e. The molecule has 0 N–H and O–H groups in total. The quantitative estimate of drug-likeness (QED) is 0.783. The van der Waals surface area contributed by atoms with Crippen LogP contribution >= 0.6 is 11.8 Å². The molecule has 4 rings (SSSR count). The normalized spacial score (nSPS) is 17.8. The summed E-state index contributed by atoms with van der Waals surface area (Å²) in [5.74, 6) is 1.82. The number of para-hydroxylation sites is 1. The third-order valence-electron chi connectivity index (χ3n) is 4.79. The summed E-state index contributed by atoms with van der Waals surface area (Å²) in [6, 6.07) is 8.18. The monoisotopic (exact) mass is 342 g/mol. The van der Waals surface area contributed by atoms with Crippen molar-refractivity contribution in [2.24, 2.45) is 0 Å². The molecule has 1 aromatic heterocycles. The Kier molecular flexibility index (Phi) is 4.08. The first-order chi connectivity index (χ1) is 11.7. The van der Waals surface area contributed by atoms with Crippen molar-refractivity contribution >= 4 is 23.4 Å². The van der Waals surface area contributed by atoms with E-state index in [4.69, 9.17) is 0 Å². The number of aromatic nitrogens is 3. The van der Waals surface area contributed by atoms with Gasteiger partial charge in [0.2, 0.25) is 5.91 Å². The molecule has 24 heavy (non-hydrogen) atoms. The molecule has 0 unspecified atom stereocenters. The maximum absolute atomic E-state index is 12.9. The van der Waals surface area contributed by atoms with Crippen molar-refractivity contribution in [1.29, 1.82) is 0 Å². The lowest BCUT2D eigenvalue weighted by Crippen LogP contribution is -2.35. The van der Waals surface area contributed by atoms with E-state index in [1.807, 2.05) is 30.0 Å². The zero-order valence-corrected chi connectivity index (χ0v) is 14.9. The Bertz CT molecular complexity index is 768. The van der Waals surface area contributed by atoms with Gasteiger partial charge in [-0.3, -0.25) is 4.79 Å². The lowest BCUT2D eigenvalue weighted by Gasteiger charge is -2.21. The van der Waals surface area contributed by atoms with Crippen LogP contribution in [0.1, 0.15) is 44.0 Å². The maximum atomic E-state index is 12.9. The van der Waals surface area contributed by atoms with E-state index in [2.05, 4.69) is 27.8 Å².